The summed E-state index contributed by atoms with van der Waals surface area (Å²) in [5, 5.41) is 22.2. The van der Waals surface area contributed by atoms with E-state index in [1.807, 2.05) is 0 Å². The lowest BCUT2D eigenvalue weighted by molar-refractivity contribution is -0.923. The topological polar surface area (TPSA) is 108 Å². The number of carbonyl (C=O) groups is 1. The molecule has 8 nitrogen and oxygen atoms in total. The minimum Gasteiger partial charge on any atom is -0.325 e. The summed E-state index contributed by atoms with van der Waals surface area (Å²) >= 11 is 0. The van der Waals surface area contributed by atoms with Gasteiger partial charge in [0.2, 0.25) is 5.78 Å². The maximum atomic E-state index is 11.7. The van der Waals surface area contributed by atoms with E-state index in [9.17, 15) is 25.0 Å². The number of nitrogens with one attached hydrogen (secondary N) is 1. The third-order valence-electron chi connectivity index (χ3n) is 3.52. The zero-order chi connectivity index (χ0) is 12.8. The third-order valence-corrected chi connectivity index (χ3v) is 3.52. The fraction of sp³-hybridized carbons (Fsp3) is 0.667. The predicted molar refractivity (Wildman–Crippen MR) is 54.8 cm³/mol. The predicted octanol–water partition coefficient (Wildman–Crippen LogP) is -1.93. The lowest BCUT2D eigenvalue weighted by Gasteiger charge is -2.38. The maximum absolute atomic E-state index is 11.7. The van der Waals surface area contributed by atoms with Crippen molar-refractivity contribution in [3.05, 3.63) is 32.4 Å². The number of likely N-dealkylation sites (tertiary alicyclic amines) is 1. The second kappa shape index (κ2) is 3.33. The van der Waals surface area contributed by atoms with Gasteiger partial charge in [-0.3, -0.25) is 25.0 Å². The second-order valence-electron chi connectivity index (χ2n) is 4.83. The first-order valence-electron chi connectivity index (χ1n) is 5.16. The summed E-state index contributed by atoms with van der Waals surface area (Å²) in [6.07, 6.45) is 1.87. The Balaban J connectivity index is 2.56. The van der Waals surface area contributed by atoms with Crippen LogP contribution in [0.3, 0.4) is 0 Å². The number of hydrogen-bond donors (Lipinski definition) is 1. The van der Waals surface area contributed by atoms with Gasteiger partial charge in [0, 0.05) is 15.9 Å². The fourth-order valence-corrected chi connectivity index (χ4v) is 2.80. The summed E-state index contributed by atoms with van der Waals surface area (Å²) < 4.78 is 0. The van der Waals surface area contributed by atoms with Crippen molar-refractivity contribution >= 4 is 5.78 Å². The monoisotopic (exact) mass is 242 g/mol. The summed E-state index contributed by atoms with van der Waals surface area (Å²) in [6, 6.07) is 0. The van der Waals surface area contributed by atoms with Crippen LogP contribution in [0.15, 0.2) is 12.2 Å². The van der Waals surface area contributed by atoms with Gasteiger partial charge in [0.25, 0.3) is 5.54 Å². The number of piperidine rings is 1. The fourth-order valence-electron chi connectivity index (χ4n) is 2.80. The van der Waals surface area contributed by atoms with E-state index in [0.29, 0.717) is 4.90 Å². The van der Waals surface area contributed by atoms with Gasteiger partial charge in [-0.25, -0.2) is 0 Å². The molecule has 0 aromatic carbocycles. The highest BCUT2D eigenvalue weighted by Crippen LogP contribution is 2.33. The van der Waals surface area contributed by atoms with Crippen LogP contribution in [0.5, 0.6) is 0 Å². The first-order chi connectivity index (χ1) is 7.82. The molecule has 0 saturated carbocycles. The van der Waals surface area contributed by atoms with Gasteiger partial charge in [0.05, 0.1) is 7.05 Å². The van der Waals surface area contributed by atoms with Crippen molar-refractivity contribution in [3.8, 4) is 0 Å². The van der Waals surface area contributed by atoms with Crippen LogP contribution in [-0.2, 0) is 4.79 Å². The summed E-state index contributed by atoms with van der Waals surface area (Å²) in [5.74, 6) is -0.640. The molecule has 0 amide bonds. The molecule has 1 unspecified atom stereocenters. The van der Waals surface area contributed by atoms with Crippen molar-refractivity contribution < 1.29 is 19.5 Å². The summed E-state index contributed by atoms with van der Waals surface area (Å²) in [6.45, 7) is 0.165. The van der Waals surface area contributed by atoms with Crippen LogP contribution < -0.4 is 4.90 Å². The maximum Gasteiger partial charge on any atom is 0.337 e. The Labute approximate surface area is 96.2 Å². The zero-order valence-electron chi connectivity index (χ0n) is 9.21. The van der Waals surface area contributed by atoms with Gasteiger partial charge >= 0.3 is 5.54 Å². The number of likely N-dealkylation sites (N-methyl/N-ethyl adjacent to an activating group) is 1. The molecule has 1 N–H and O–H groups in total. The Kier molecular flexibility index (Phi) is 2.28. The number of ketones is 1. The molecule has 0 aromatic rings. The van der Waals surface area contributed by atoms with Gasteiger partial charge in [-0.05, 0) is 6.08 Å². The molecule has 8 heteroatoms. The first kappa shape index (κ1) is 11.6. The molecule has 0 radical (unpaired) electrons. The van der Waals surface area contributed by atoms with Crippen LogP contribution in [0.1, 0.15) is 6.42 Å². The summed E-state index contributed by atoms with van der Waals surface area (Å²) in [7, 11) is 1.63. The Bertz CT molecular complexity index is 448. The van der Waals surface area contributed by atoms with E-state index in [4.69, 9.17) is 0 Å². The minimum absolute atomic E-state index is 0.00123. The minimum atomic E-state index is -1.83. The normalized spacial score (nSPS) is 40.1. The number of rotatable bonds is 2. The van der Waals surface area contributed by atoms with E-state index < -0.39 is 26.7 Å². The summed E-state index contributed by atoms with van der Waals surface area (Å²) in [4.78, 5) is 33.4. The zero-order valence-corrected chi connectivity index (χ0v) is 9.21. The van der Waals surface area contributed by atoms with Gasteiger partial charge in [0.15, 0.2) is 13.1 Å². The number of nitrogens with zero attached hydrogens (tertiary/aromatic N) is 2. The van der Waals surface area contributed by atoms with E-state index in [0.717, 1.165) is 6.08 Å². The van der Waals surface area contributed by atoms with Crippen molar-refractivity contribution in [1.82, 2.24) is 0 Å². The molecular formula is C9H12N3O5+. The molecule has 0 spiro atoms. The molecule has 1 saturated heterocycles. The van der Waals surface area contributed by atoms with Crippen LogP contribution in [-0.4, -0.2) is 46.8 Å². The van der Waals surface area contributed by atoms with Gasteiger partial charge in [-0.15, -0.1) is 0 Å². The molecular weight excluding hydrogens is 230 g/mol. The molecule has 3 atom stereocenters. The van der Waals surface area contributed by atoms with E-state index in [-0.39, 0.29) is 19.5 Å². The Morgan fingerprint density at radius 3 is 2.47 bits per heavy atom. The Morgan fingerprint density at radius 1 is 1.29 bits per heavy atom. The highest BCUT2D eigenvalue weighted by atomic mass is 16.6. The molecule has 2 bridgehead atoms. The van der Waals surface area contributed by atoms with E-state index in [1.54, 1.807) is 7.05 Å². The molecule has 1 aliphatic carbocycles. The highest BCUT2D eigenvalue weighted by molar-refractivity contribution is 5.98. The molecule has 0 aromatic heterocycles. The van der Waals surface area contributed by atoms with E-state index in [2.05, 4.69) is 0 Å². The largest absolute Gasteiger partial charge is 0.337 e. The van der Waals surface area contributed by atoms with Gasteiger partial charge in [-0.2, -0.15) is 0 Å². The highest BCUT2D eigenvalue weighted by Gasteiger charge is 2.68. The number of nitro groups is 2. The second-order valence-corrected chi connectivity index (χ2v) is 4.83. The van der Waals surface area contributed by atoms with Crippen LogP contribution in [0.4, 0.5) is 0 Å². The van der Waals surface area contributed by atoms with Crippen LogP contribution in [0.25, 0.3) is 0 Å². The Morgan fingerprint density at radius 2 is 1.94 bits per heavy atom. The number of quaternary nitrogens is 1. The lowest BCUT2D eigenvalue weighted by Crippen LogP contribution is -3.16. The quantitative estimate of drug-likeness (QED) is 0.448. The van der Waals surface area contributed by atoms with E-state index >= 15 is 0 Å². The smallest absolute Gasteiger partial charge is 0.325 e. The molecule has 1 heterocycles. The van der Waals surface area contributed by atoms with Crippen molar-refractivity contribution in [2.75, 3.05) is 20.1 Å². The molecule has 17 heavy (non-hydrogen) atoms. The van der Waals surface area contributed by atoms with Crippen LogP contribution >= 0.6 is 0 Å². The molecule has 1 fully saturated rings. The van der Waals surface area contributed by atoms with Crippen molar-refractivity contribution in [2.24, 2.45) is 0 Å². The average Bonchev–Trinajstić information content (AvgIpc) is 2.23. The molecule has 92 valence electrons. The molecule has 2 rings (SSSR count). The van der Waals surface area contributed by atoms with Crippen molar-refractivity contribution in [2.45, 2.75) is 17.5 Å². The first-order valence-corrected chi connectivity index (χ1v) is 5.16. The molecule has 1 aliphatic heterocycles. The summed E-state index contributed by atoms with van der Waals surface area (Å²) in [5.41, 5.74) is -3.31. The van der Waals surface area contributed by atoms with Crippen LogP contribution in [0.2, 0.25) is 0 Å². The van der Waals surface area contributed by atoms with Gasteiger partial charge in [0.1, 0.15) is 6.42 Å². The number of carbonyl (C=O) groups excluding carboxylic acids is 1. The lowest BCUT2D eigenvalue weighted by atomic mass is 9.71. The third kappa shape index (κ3) is 1.44. The van der Waals surface area contributed by atoms with Crippen molar-refractivity contribution in [1.29, 1.82) is 0 Å². The standard InChI is InChI=1S/C9H11N3O5/c1-10-5-8(11(14)15)3-2-7(13)9(4-8,6-10)12(16)17/h2-3H,4-6H2,1H3/p+1/t8-,9+/m0/s1. The number of fused-ring (bicyclic) bond motifs is 2. The van der Waals surface area contributed by atoms with E-state index in [1.165, 1.54) is 6.08 Å². The van der Waals surface area contributed by atoms with Gasteiger partial charge < -0.3 is 4.90 Å². The molecule has 2 aliphatic rings. The number of hydrogen-bond acceptors (Lipinski definition) is 5. The average molecular weight is 242 g/mol. The SMILES string of the molecule is C[NH+]1C[C@]2([N+](=O)[O-])C=CC(=O)[C@]([N+](=O)[O-])(C1)C2. The Hall–Kier alpha value is -1.83. The van der Waals surface area contributed by atoms with Crippen molar-refractivity contribution in [3.63, 3.8) is 0 Å². The van der Waals surface area contributed by atoms with Crippen LogP contribution in [0, 0.1) is 20.2 Å². The van der Waals surface area contributed by atoms with Gasteiger partial charge in [-0.1, -0.05) is 0 Å².